The van der Waals surface area contributed by atoms with Crippen molar-refractivity contribution in [3.63, 3.8) is 0 Å². The molecule has 0 aromatic heterocycles. The summed E-state index contributed by atoms with van der Waals surface area (Å²) < 4.78 is 5.47. The third kappa shape index (κ3) is 3.31. The molecule has 0 spiro atoms. The largest absolute Gasteiger partial charge is 0.385 e. The maximum Gasteiger partial charge on any atom is 0.253 e. The molecule has 4 nitrogen and oxygen atoms in total. The summed E-state index contributed by atoms with van der Waals surface area (Å²) in [6.07, 6.45) is 1.15. The highest BCUT2D eigenvalue weighted by molar-refractivity contribution is 5.94. The Balaban J connectivity index is 2.03. The highest BCUT2D eigenvalue weighted by atomic mass is 16.5. The van der Waals surface area contributed by atoms with Gasteiger partial charge in [0.25, 0.3) is 5.91 Å². The van der Waals surface area contributed by atoms with Crippen LogP contribution in [-0.4, -0.2) is 43.7 Å². The van der Waals surface area contributed by atoms with Gasteiger partial charge in [0.05, 0.1) is 6.10 Å². The van der Waals surface area contributed by atoms with Crippen LogP contribution in [0.1, 0.15) is 30.6 Å². The lowest BCUT2D eigenvalue weighted by atomic mass is 9.95. The smallest absolute Gasteiger partial charge is 0.253 e. The fourth-order valence-corrected chi connectivity index (χ4v) is 2.64. The Hall–Kier alpha value is -1.55. The zero-order valence-corrected chi connectivity index (χ0v) is 12.6. The van der Waals surface area contributed by atoms with E-state index >= 15 is 0 Å². The second-order valence-electron chi connectivity index (χ2n) is 5.40. The number of ether oxygens (including phenoxy) is 1. The van der Waals surface area contributed by atoms with Crippen LogP contribution in [0, 0.1) is 5.92 Å². The van der Waals surface area contributed by atoms with Crippen LogP contribution in [0.3, 0.4) is 0 Å². The molecule has 2 atom stereocenters. The zero-order valence-electron chi connectivity index (χ0n) is 12.6. The van der Waals surface area contributed by atoms with Gasteiger partial charge in [-0.2, -0.15) is 0 Å². The molecule has 1 saturated heterocycles. The molecule has 1 aromatic carbocycles. The average Bonchev–Trinajstić information content (AvgIpc) is 2.48. The van der Waals surface area contributed by atoms with Gasteiger partial charge in [0.1, 0.15) is 0 Å². The first-order valence-corrected chi connectivity index (χ1v) is 7.31. The first-order chi connectivity index (χ1) is 9.65. The molecule has 20 heavy (non-hydrogen) atoms. The van der Waals surface area contributed by atoms with Crippen molar-refractivity contribution in [2.75, 3.05) is 32.1 Å². The number of hydrogen-bond donors (Lipinski definition) is 1. The number of nitrogens with one attached hydrogen (secondary N) is 1. The standard InChI is InChI=1S/C16H24N2O2/c1-4-17-14-7-5-13(6-8-14)16(19)18-10-9-12(2)15(11-18)20-3/h5-8,12,15,17H,4,9-11H2,1-3H3. The van der Waals surface area contributed by atoms with Crippen molar-refractivity contribution in [2.45, 2.75) is 26.4 Å². The lowest BCUT2D eigenvalue weighted by Gasteiger charge is -2.36. The molecule has 2 rings (SSSR count). The summed E-state index contributed by atoms with van der Waals surface area (Å²) in [5.74, 6) is 0.613. The summed E-state index contributed by atoms with van der Waals surface area (Å²) >= 11 is 0. The van der Waals surface area contributed by atoms with Crippen LogP contribution in [0.5, 0.6) is 0 Å². The normalized spacial score (nSPS) is 22.6. The monoisotopic (exact) mass is 276 g/mol. The lowest BCUT2D eigenvalue weighted by Crippen LogP contribution is -2.46. The topological polar surface area (TPSA) is 41.6 Å². The Kier molecular flexibility index (Phi) is 5.01. The maximum absolute atomic E-state index is 12.5. The quantitative estimate of drug-likeness (QED) is 0.919. The number of carbonyl (C=O) groups excluding carboxylic acids is 1. The van der Waals surface area contributed by atoms with E-state index in [1.807, 2.05) is 29.2 Å². The van der Waals surface area contributed by atoms with Gasteiger partial charge in [-0.3, -0.25) is 4.79 Å². The van der Waals surface area contributed by atoms with Crippen molar-refractivity contribution in [3.8, 4) is 0 Å². The molecule has 0 aliphatic carbocycles. The summed E-state index contributed by atoms with van der Waals surface area (Å²) in [6.45, 7) is 6.62. The minimum Gasteiger partial charge on any atom is -0.385 e. The van der Waals surface area contributed by atoms with Gasteiger partial charge in [-0.25, -0.2) is 0 Å². The van der Waals surface area contributed by atoms with Crippen molar-refractivity contribution in [1.29, 1.82) is 0 Å². The molecule has 2 unspecified atom stereocenters. The number of amides is 1. The van der Waals surface area contributed by atoms with E-state index in [4.69, 9.17) is 4.74 Å². The molecule has 1 amide bonds. The summed E-state index contributed by atoms with van der Waals surface area (Å²) in [5, 5.41) is 3.23. The fraction of sp³-hybridized carbons (Fsp3) is 0.562. The van der Waals surface area contributed by atoms with Gasteiger partial charge in [0, 0.05) is 38.0 Å². The zero-order chi connectivity index (χ0) is 14.5. The van der Waals surface area contributed by atoms with E-state index in [9.17, 15) is 4.79 Å². The van der Waals surface area contributed by atoms with E-state index in [-0.39, 0.29) is 12.0 Å². The van der Waals surface area contributed by atoms with E-state index < -0.39 is 0 Å². The second kappa shape index (κ2) is 6.75. The molecule has 110 valence electrons. The van der Waals surface area contributed by atoms with Gasteiger partial charge < -0.3 is 15.0 Å². The summed E-state index contributed by atoms with van der Waals surface area (Å²) in [5.41, 5.74) is 1.79. The number of piperidine rings is 1. The van der Waals surface area contributed by atoms with Crippen molar-refractivity contribution in [3.05, 3.63) is 29.8 Å². The van der Waals surface area contributed by atoms with Crippen LogP contribution in [0.4, 0.5) is 5.69 Å². The van der Waals surface area contributed by atoms with Crippen LogP contribution in [-0.2, 0) is 4.74 Å². The molecule has 0 radical (unpaired) electrons. The molecule has 1 aliphatic heterocycles. The first-order valence-electron chi connectivity index (χ1n) is 7.31. The van der Waals surface area contributed by atoms with Gasteiger partial charge in [-0.1, -0.05) is 6.92 Å². The number of likely N-dealkylation sites (tertiary alicyclic amines) is 1. The Labute approximate surface area is 121 Å². The molecule has 1 heterocycles. The molecule has 1 N–H and O–H groups in total. The lowest BCUT2D eigenvalue weighted by molar-refractivity contribution is -0.00156. The van der Waals surface area contributed by atoms with E-state index in [1.165, 1.54) is 0 Å². The summed E-state index contributed by atoms with van der Waals surface area (Å²) in [4.78, 5) is 14.4. The van der Waals surface area contributed by atoms with Gasteiger partial charge in [0.15, 0.2) is 0 Å². The molecule has 1 aliphatic rings. The number of anilines is 1. The fourth-order valence-electron chi connectivity index (χ4n) is 2.64. The van der Waals surface area contributed by atoms with Gasteiger partial charge in [-0.05, 0) is 43.5 Å². The number of methoxy groups -OCH3 is 1. The molecular formula is C16H24N2O2. The van der Waals surface area contributed by atoms with Crippen molar-refractivity contribution >= 4 is 11.6 Å². The second-order valence-corrected chi connectivity index (χ2v) is 5.40. The third-order valence-electron chi connectivity index (χ3n) is 3.99. The van der Waals surface area contributed by atoms with E-state index in [0.717, 1.165) is 30.8 Å². The number of benzene rings is 1. The predicted molar refractivity (Wildman–Crippen MR) is 81.1 cm³/mol. The molecule has 1 aromatic rings. The molecule has 0 saturated carbocycles. The highest BCUT2D eigenvalue weighted by Gasteiger charge is 2.29. The van der Waals surface area contributed by atoms with E-state index in [2.05, 4.69) is 19.2 Å². The van der Waals surface area contributed by atoms with Crippen LogP contribution in [0.15, 0.2) is 24.3 Å². The van der Waals surface area contributed by atoms with Crippen molar-refractivity contribution in [2.24, 2.45) is 5.92 Å². The minimum atomic E-state index is 0.0991. The SMILES string of the molecule is CCNc1ccc(C(=O)N2CCC(C)C(OC)C2)cc1. The van der Waals surface area contributed by atoms with Crippen molar-refractivity contribution in [1.82, 2.24) is 4.90 Å². The van der Waals surface area contributed by atoms with E-state index in [1.54, 1.807) is 7.11 Å². The van der Waals surface area contributed by atoms with Crippen LogP contribution < -0.4 is 5.32 Å². The third-order valence-corrected chi connectivity index (χ3v) is 3.99. The van der Waals surface area contributed by atoms with Crippen LogP contribution in [0.25, 0.3) is 0 Å². The Morgan fingerprint density at radius 3 is 2.70 bits per heavy atom. The van der Waals surface area contributed by atoms with Gasteiger partial charge in [-0.15, -0.1) is 0 Å². The maximum atomic E-state index is 12.5. The van der Waals surface area contributed by atoms with Gasteiger partial charge in [0.2, 0.25) is 0 Å². The molecular weight excluding hydrogens is 252 g/mol. The summed E-state index contributed by atoms with van der Waals surface area (Å²) in [7, 11) is 1.72. The predicted octanol–water partition coefficient (Wildman–Crippen LogP) is 2.62. The first kappa shape index (κ1) is 14.9. The number of nitrogens with zero attached hydrogens (tertiary/aromatic N) is 1. The highest BCUT2D eigenvalue weighted by Crippen LogP contribution is 2.21. The molecule has 4 heteroatoms. The Bertz CT molecular complexity index is 444. The van der Waals surface area contributed by atoms with E-state index in [0.29, 0.717) is 12.5 Å². The molecule has 1 fully saturated rings. The Morgan fingerprint density at radius 1 is 1.40 bits per heavy atom. The van der Waals surface area contributed by atoms with Gasteiger partial charge >= 0.3 is 0 Å². The van der Waals surface area contributed by atoms with Crippen molar-refractivity contribution < 1.29 is 9.53 Å². The number of rotatable bonds is 4. The Morgan fingerprint density at radius 2 is 2.10 bits per heavy atom. The summed E-state index contributed by atoms with van der Waals surface area (Å²) in [6, 6.07) is 7.69. The number of carbonyl (C=O) groups is 1. The minimum absolute atomic E-state index is 0.0991. The van der Waals surface area contributed by atoms with Crippen LogP contribution >= 0.6 is 0 Å². The average molecular weight is 276 g/mol. The number of hydrogen-bond acceptors (Lipinski definition) is 3. The molecule has 0 bridgehead atoms. The van der Waals surface area contributed by atoms with Crippen LogP contribution in [0.2, 0.25) is 0 Å².